The first-order valence-electron chi connectivity index (χ1n) is 9.40. The number of carbonyl (C=O) groups excluding carboxylic acids is 1. The van der Waals surface area contributed by atoms with Gasteiger partial charge in [-0.1, -0.05) is 41.6 Å². The maximum Gasteiger partial charge on any atom is 0.303 e. The number of aliphatic carboxylic acids is 1. The number of methoxy groups -OCH3 is 1. The summed E-state index contributed by atoms with van der Waals surface area (Å²) < 4.78 is 11.7. The first-order chi connectivity index (χ1) is 14.9. The minimum absolute atomic E-state index is 0.00837. The van der Waals surface area contributed by atoms with Crippen molar-refractivity contribution in [3.05, 3.63) is 63.5 Å². The van der Waals surface area contributed by atoms with E-state index >= 15 is 0 Å². The number of carbonyl (C=O) groups is 2. The molecular weight excluding hydrogens is 458 g/mol. The Bertz CT molecular complexity index is 1020. The quantitative estimate of drug-likeness (QED) is 0.402. The monoisotopic (exact) mass is 477 g/mol. The molecule has 6 nitrogen and oxygen atoms in total. The van der Waals surface area contributed by atoms with Crippen LogP contribution in [0.2, 0.25) is 5.02 Å². The summed E-state index contributed by atoms with van der Waals surface area (Å²) in [5.41, 5.74) is 1.63. The molecule has 1 heterocycles. The van der Waals surface area contributed by atoms with Crippen LogP contribution in [-0.4, -0.2) is 39.9 Å². The molecule has 162 valence electrons. The highest BCUT2D eigenvalue weighted by molar-refractivity contribution is 8.26. The zero-order valence-corrected chi connectivity index (χ0v) is 19.1. The highest BCUT2D eigenvalue weighted by Gasteiger charge is 2.31. The van der Waals surface area contributed by atoms with Crippen LogP contribution in [-0.2, 0) is 16.2 Å². The van der Waals surface area contributed by atoms with E-state index in [0.29, 0.717) is 32.2 Å². The van der Waals surface area contributed by atoms with Crippen LogP contribution < -0.4 is 9.47 Å². The fourth-order valence-electron chi connectivity index (χ4n) is 2.93. The van der Waals surface area contributed by atoms with E-state index in [-0.39, 0.29) is 25.5 Å². The molecule has 0 radical (unpaired) electrons. The van der Waals surface area contributed by atoms with Gasteiger partial charge < -0.3 is 14.6 Å². The van der Waals surface area contributed by atoms with Gasteiger partial charge in [0.15, 0.2) is 0 Å². The molecule has 1 N–H and O–H groups in total. The Morgan fingerprint density at radius 3 is 2.68 bits per heavy atom. The van der Waals surface area contributed by atoms with Gasteiger partial charge in [-0.25, -0.2) is 0 Å². The number of ether oxygens (including phenoxy) is 2. The summed E-state index contributed by atoms with van der Waals surface area (Å²) in [4.78, 5) is 25.3. The summed E-state index contributed by atoms with van der Waals surface area (Å²) in [6.07, 6.45) is 2.11. The number of carboxylic acids is 1. The molecule has 0 spiro atoms. The lowest BCUT2D eigenvalue weighted by Gasteiger charge is -2.13. The van der Waals surface area contributed by atoms with Gasteiger partial charge in [0.1, 0.15) is 22.4 Å². The number of hydrogen-bond donors (Lipinski definition) is 1. The van der Waals surface area contributed by atoms with Crippen LogP contribution in [0.15, 0.2) is 47.4 Å². The summed E-state index contributed by atoms with van der Waals surface area (Å²) in [7, 11) is 1.59. The van der Waals surface area contributed by atoms with Crippen LogP contribution in [0.4, 0.5) is 0 Å². The number of benzene rings is 2. The van der Waals surface area contributed by atoms with Crippen molar-refractivity contribution in [1.82, 2.24) is 4.90 Å². The molecule has 3 rings (SSSR count). The molecule has 1 aliphatic rings. The molecule has 0 bridgehead atoms. The zero-order chi connectivity index (χ0) is 22.4. The number of nitrogens with zero attached hydrogens (tertiary/aromatic N) is 1. The minimum atomic E-state index is -0.896. The molecule has 2 aromatic rings. The van der Waals surface area contributed by atoms with Gasteiger partial charge in [-0.15, -0.1) is 0 Å². The van der Waals surface area contributed by atoms with E-state index in [9.17, 15) is 9.59 Å². The molecule has 9 heteroatoms. The van der Waals surface area contributed by atoms with E-state index in [1.54, 1.807) is 37.5 Å². The molecule has 0 unspecified atom stereocenters. The summed E-state index contributed by atoms with van der Waals surface area (Å²) >= 11 is 12.4. The predicted molar refractivity (Wildman–Crippen MR) is 126 cm³/mol. The van der Waals surface area contributed by atoms with Gasteiger partial charge in [0.05, 0.1) is 12.0 Å². The lowest BCUT2D eigenvalue weighted by Crippen LogP contribution is -2.29. The smallest absolute Gasteiger partial charge is 0.303 e. The first kappa shape index (κ1) is 23.1. The summed E-state index contributed by atoms with van der Waals surface area (Å²) in [6.45, 7) is 0.569. The van der Waals surface area contributed by atoms with Crippen molar-refractivity contribution in [2.45, 2.75) is 19.4 Å². The Morgan fingerprint density at radius 1 is 1.26 bits per heavy atom. The summed E-state index contributed by atoms with van der Waals surface area (Å²) in [5, 5.41) is 9.42. The lowest BCUT2D eigenvalue weighted by atomic mass is 10.1. The van der Waals surface area contributed by atoms with Gasteiger partial charge in [-0.05, 0) is 54.5 Å². The van der Waals surface area contributed by atoms with Crippen molar-refractivity contribution >= 4 is 57.9 Å². The van der Waals surface area contributed by atoms with Crippen molar-refractivity contribution in [1.29, 1.82) is 0 Å². The van der Waals surface area contributed by atoms with Crippen LogP contribution in [0, 0.1) is 0 Å². The SMILES string of the molecule is COc1ccc(/C=C2\SC(=S)N(CCCC(=O)O)C2=O)cc1COc1ccc(Cl)cc1. The average Bonchev–Trinajstić information content (AvgIpc) is 3.00. The maximum absolute atomic E-state index is 12.7. The molecule has 2 aromatic carbocycles. The van der Waals surface area contributed by atoms with Gasteiger partial charge >= 0.3 is 5.97 Å². The molecule has 1 fully saturated rings. The van der Waals surface area contributed by atoms with Crippen LogP contribution in [0.5, 0.6) is 11.5 Å². The second-order valence-corrected chi connectivity index (χ2v) is 8.76. The number of thioether (sulfide) groups is 1. The molecule has 0 atom stereocenters. The highest BCUT2D eigenvalue weighted by Crippen LogP contribution is 2.33. The molecule has 1 saturated heterocycles. The maximum atomic E-state index is 12.7. The van der Waals surface area contributed by atoms with E-state index in [4.69, 9.17) is 38.4 Å². The Balaban J connectivity index is 1.73. The third kappa shape index (κ3) is 6.22. The predicted octanol–water partition coefficient (Wildman–Crippen LogP) is 4.99. The van der Waals surface area contributed by atoms with Crippen molar-refractivity contribution in [3.8, 4) is 11.5 Å². The second-order valence-electron chi connectivity index (χ2n) is 6.64. The molecule has 1 amide bonds. The third-order valence-electron chi connectivity index (χ3n) is 4.46. The number of hydrogen-bond acceptors (Lipinski definition) is 6. The molecule has 1 aliphatic heterocycles. The van der Waals surface area contributed by atoms with Gasteiger partial charge in [-0.3, -0.25) is 14.5 Å². The van der Waals surface area contributed by atoms with Crippen LogP contribution >= 0.6 is 35.6 Å². The molecule has 0 saturated carbocycles. The van der Waals surface area contributed by atoms with Crippen molar-refractivity contribution < 1.29 is 24.2 Å². The number of carboxylic acid groups (broad SMARTS) is 1. The third-order valence-corrected chi connectivity index (χ3v) is 6.09. The number of thiocarbonyl (C=S) groups is 1. The normalized spacial score (nSPS) is 14.9. The summed E-state index contributed by atoms with van der Waals surface area (Å²) in [5.74, 6) is 0.245. The first-order valence-corrected chi connectivity index (χ1v) is 11.0. The van der Waals surface area contributed by atoms with Gasteiger partial charge in [0.25, 0.3) is 5.91 Å². The van der Waals surface area contributed by atoms with Gasteiger partial charge in [0.2, 0.25) is 0 Å². The Labute approximate surface area is 194 Å². The van der Waals surface area contributed by atoms with E-state index in [0.717, 1.165) is 11.1 Å². The van der Waals surface area contributed by atoms with Gasteiger partial charge in [-0.2, -0.15) is 0 Å². The van der Waals surface area contributed by atoms with Crippen molar-refractivity contribution in [2.75, 3.05) is 13.7 Å². The Hall–Kier alpha value is -2.55. The van der Waals surface area contributed by atoms with Crippen molar-refractivity contribution in [2.24, 2.45) is 0 Å². The number of halogens is 1. The molecule has 0 aliphatic carbocycles. The number of rotatable bonds is 9. The van der Waals surface area contributed by atoms with E-state index in [1.807, 2.05) is 18.2 Å². The van der Waals surface area contributed by atoms with E-state index in [1.165, 1.54) is 16.7 Å². The topological polar surface area (TPSA) is 76.1 Å². The van der Waals surface area contributed by atoms with Crippen LogP contribution in [0.3, 0.4) is 0 Å². The standard InChI is InChI=1S/C22H20ClNO5S2/c1-28-18-9-4-14(11-15(18)13-29-17-7-5-16(23)6-8-17)12-19-21(27)24(22(30)31-19)10-2-3-20(25)26/h4-9,11-12H,2-3,10,13H2,1H3,(H,25,26)/b19-12-. The minimum Gasteiger partial charge on any atom is -0.496 e. The van der Waals surface area contributed by atoms with Crippen LogP contribution in [0.25, 0.3) is 6.08 Å². The van der Waals surface area contributed by atoms with Crippen LogP contribution in [0.1, 0.15) is 24.0 Å². The Morgan fingerprint density at radius 2 is 2.00 bits per heavy atom. The molecule has 0 aromatic heterocycles. The van der Waals surface area contributed by atoms with E-state index in [2.05, 4.69) is 0 Å². The van der Waals surface area contributed by atoms with Crippen molar-refractivity contribution in [3.63, 3.8) is 0 Å². The fraction of sp³-hybridized carbons (Fsp3) is 0.227. The fourth-order valence-corrected chi connectivity index (χ4v) is 4.36. The lowest BCUT2D eigenvalue weighted by molar-refractivity contribution is -0.137. The molecular formula is C22H20ClNO5S2. The van der Waals surface area contributed by atoms with E-state index < -0.39 is 5.97 Å². The second kappa shape index (κ2) is 10.7. The zero-order valence-electron chi connectivity index (χ0n) is 16.7. The highest BCUT2D eigenvalue weighted by atomic mass is 35.5. The summed E-state index contributed by atoms with van der Waals surface area (Å²) in [6, 6.07) is 12.6. The Kier molecular flexibility index (Phi) is 7.95. The molecule has 31 heavy (non-hydrogen) atoms. The number of amides is 1. The largest absolute Gasteiger partial charge is 0.496 e. The van der Waals surface area contributed by atoms with Gasteiger partial charge in [0, 0.05) is 23.6 Å². The average molecular weight is 478 g/mol.